The first-order valence-corrected chi connectivity index (χ1v) is 9.43. The number of piperazine rings is 1. The molecule has 0 spiro atoms. The SMILES string of the molecule is COc1ccc(N2C(=O)C[C@@H]([NH+]3CCN(c4ccccc4F)CC3)C2=O)cc1. The molecular weight excluding hydrogens is 361 g/mol. The summed E-state index contributed by atoms with van der Waals surface area (Å²) < 4.78 is 19.1. The second kappa shape index (κ2) is 7.59. The van der Waals surface area contributed by atoms with Gasteiger partial charge in [0.25, 0.3) is 5.91 Å². The minimum atomic E-state index is -0.377. The van der Waals surface area contributed by atoms with Crippen LogP contribution in [-0.4, -0.2) is 51.1 Å². The van der Waals surface area contributed by atoms with Gasteiger partial charge in [-0.1, -0.05) is 12.1 Å². The van der Waals surface area contributed by atoms with Gasteiger partial charge in [0.05, 0.1) is 51.1 Å². The number of hydrogen-bond acceptors (Lipinski definition) is 4. The molecule has 7 heteroatoms. The molecule has 0 bridgehead atoms. The molecule has 2 fully saturated rings. The van der Waals surface area contributed by atoms with Crippen molar-refractivity contribution in [2.24, 2.45) is 0 Å². The lowest BCUT2D eigenvalue weighted by Crippen LogP contribution is -3.19. The number of quaternary nitrogens is 1. The Morgan fingerprint density at radius 3 is 2.36 bits per heavy atom. The fourth-order valence-corrected chi connectivity index (χ4v) is 4.04. The van der Waals surface area contributed by atoms with Crippen LogP contribution in [0, 0.1) is 5.82 Å². The van der Waals surface area contributed by atoms with Crippen molar-refractivity contribution in [3.8, 4) is 5.75 Å². The number of nitrogens with one attached hydrogen (secondary N) is 1. The maximum absolute atomic E-state index is 14.0. The second-order valence-corrected chi connectivity index (χ2v) is 7.12. The van der Waals surface area contributed by atoms with Crippen LogP contribution in [0.4, 0.5) is 15.8 Å². The molecule has 0 aliphatic carbocycles. The molecule has 0 aromatic heterocycles. The Labute approximate surface area is 163 Å². The van der Waals surface area contributed by atoms with E-state index >= 15 is 0 Å². The largest absolute Gasteiger partial charge is 0.497 e. The van der Waals surface area contributed by atoms with E-state index in [1.807, 2.05) is 11.0 Å². The summed E-state index contributed by atoms with van der Waals surface area (Å²) in [4.78, 5) is 29.8. The highest BCUT2D eigenvalue weighted by Gasteiger charge is 2.46. The van der Waals surface area contributed by atoms with E-state index in [0.717, 1.165) is 4.90 Å². The Bertz CT molecular complexity index is 879. The summed E-state index contributed by atoms with van der Waals surface area (Å²) in [6.45, 7) is 2.68. The monoisotopic (exact) mass is 384 g/mol. The molecule has 6 nitrogen and oxygen atoms in total. The van der Waals surface area contributed by atoms with Crippen LogP contribution in [0.2, 0.25) is 0 Å². The van der Waals surface area contributed by atoms with E-state index in [0.29, 0.717) is 43.3 Å². The van der Waals surface area contributed by atoms with Gasteiger partial charge in [-0.3, -0.25) is 9.59 Å². The summed E-state index contributed by atoms with van der Waals surface area (Å²) in [5, 5.41) is 0. The zero-order valence-corrected chi connectivity index (χ0v) is 15.7. The molecule has 2 heterocycles. The molecular formula is C21H23FN3O3+. The number of rotatable bonds is 4. The Morgan fingerprint density at radius 2 is 1.71 bits per heavy atom. The van der Waals surface area contributed by atoms with Gasteiger partial charge in [-0.25, -0.2) is 9.29 Å². The van der Waals surface area contributed by atoms with Crippen LogP contribution in [0.15, 0.2) is 48.5 Å². The summed E-state index contributed by atoms with van der Waals surface area (Å²) in [5.74, 6) is 0.103. The number of nitrogens with zero attached hydrogens (tertiary/aromatic N) is 2. The van der Waals surface area contributed by atoms with Crippen LogP contribution in [0.1, 0.15) is 6.42 Å². The van der Waals surface area contributed by atoms with Gasteiger partial charge in [0.2, 0.25) is 5.91 Å². The third-order valence-corrected chi connectivity index (χ3v) is 5.57. The van der Waals surface area contributed by atoms with Gasteiger partial charge in [0, 0.05) is 0 Å². The highest BCUT2D eigenvalue weighted by molar-refractivity contribution is 6.21. The molecule has 4 rings (SSSR count). The van der Waals surface area contributed by atoms with Gasteiger partial charge in [0.1, 0.15) is 11.6 Å². The first-order chi connectivity index (χ1) is 13.6. The van der Waals surface area contributed by atoms with Crippen LogP contribution in [0.5, 0.6) is 5.75 Å². The molecule has 2 aromatic rings. The summed E-state index contributed by atoms with van der Waals surface area (Å²) >= 11 is 0. The van der Waals surface area contributed by atoms with Crippen LogP contribution < -0.4 is 19.4 Å². The molecule has 2 aliphatic heterocycles. The predicted octanol–water partition coefficient (Wildman–Crippen LogP) is 0.871. The van der Waals surface area contributed by atoms with Gasteiger partial charge in [-0.05, 0) is 36.4 Å². The molecule has 2 aliphatic rings. The molecule has 2 aromatic carbocycles. The molecule has 2 saturated heterocycles. The minimum absolute atomic E-state index is 0.162. The van der Waals surface area contributed by atoms with Crippen LogP contribution in [-0.2, 0) is 9.59 Å². The first-order valence-electron chi connectivity index (χ1n) is 9.43. The van der Waals surface area contributed by atoms with E-state index in [-0.39, 0.29) is 30.1 Å². The predicted molar refractivity (Wildman–Crippen MR) is 103 cm³/mol. The van der Waals surface area contributed by atoms with Crippen molar-refractivity contribution < 1.29 is 23.6 Å². The van der Waals surface area contributed by atoms with Gasteiger partial charge in [0.15, 0.2) is 6.04 Å². The number of methoxy groups -OCH3 is 1. The quantitative estimate of drug-likeness (QED) is 0.795. The summed E-state index contributed by atoms with van der Waals surface area (Å²) in [7, 11) is 1.57. The molecule has 0 saturated carbocycles. The third-order valence-electron chi connectivity index (χ3n) is 5.57. The summed E-state index contributed by atoms with van der Waals surface area (Å²) in [6, 6.07) is 13.3. The highest BCUT2D eigenvalue weighted by Crippen LogP contribution is 2.25. The molecule has 1 N–H and O–H groups in total. The number of anilines is 2. The van der Waals surface area contributed by atoms with E-state index in [4.69, 9.17) is 4.74 Å². The summed E-state index contributed by atoms with van der Waals surface area (Å²) in [5.41, 5.74) is 1.16. The maximum atomic E-state index is 14.0. The Balaban J connectivity index is 1.44. The zero-order valence-electron chi connectivity index (χ0n) is 15.7. The van der Waals surface area contributed by atoms with Crippen molar-refractivity contribution >= 4 is 23.2 Å². The van der Waals surface area contributed by atoms with Crippen LogP contribution in [0.3, 0.4) is 0 Å². The van der Waals surface area contributed by atoms with Gasteiger partial charge < -0.3 is 14.5 Å². The highest BCUT2D eigenvalue weighted by atomic mass is 19.1. The van der Waals surface area contributed by atoms with Crippen molar-refractivity contribution in [1.29, 1.82) is 0 Å². The topological polar surface area (TPSA) is 54.3 Å². The zero-order chi connectivity index (χ0) is 19.7. The molecule has 2 amide bonds. The molecule has 0 unspecified atom stereocenters. The lowest BCUT2D eigenvalue weighted by molar-refractivity contribution is -0.915. The second-order valence-electron chi connectivity index (χ2n) is 7.12. The standard InChI is InChI=1S/C21H22FN3O3/c1-28-16-8-6-15(7-9-16)25-20(26)14-19(21(25)27)24-12-10-23(11-13-24)18-5-3-2-4-17(18)22/h2-9,19H,10-14H2,1H3/p+1/t19-/m1/s1. The maximum Gasteiger partial charge on any atom is 0.292 e. The lowest BCUT2D eigenvalue weighted by Gasteiger charge is -2.35. The van der Waals surface area contributed by atoms with Gasteiger partial charge >= 0.3 is 0 Å². The number of ether oxygens (including phenoxy) is 1. The number of carbonyl (C=O) groups is 2. The number of benzene rings is 2. The Hall–Kier alpha value is -2.93. The fraction of sp³-hybridized carbons (Fsp3) is 0.333. The van der Waals surface area contributed by atoms with Crippen LogP contribution in [0.25, 0.3) is 0 Å². The average molecular weight is 384 g/mol. The van der Waals surface area contributed by atoms with Crippen molar-refractivity contribution in [1.82, 2.24) is 0 Å². The van der Waals surface area contributed by atoms with E-state index in [2.05, 4.69) is 0 Å². The average Bonchev–Trinajstić information content (AvgIpc) is 3.03. The number of halogens is 1. The fourth-order valence-electron chi connectivity index (χ4n) is 4.04. The smallest absolute Gasteiger partial charge is 0.292 e. The number of carbonyl (C=O) groups excluding carboxylic acids is 2. The number of hydrogen-bond donors (Lipinski definition) is 1. The van der Waals surface area contributed by atoms with Gasteiger partial charge in [-0.2, -0.15) is 0 Å². The van der Waals surface area contributed by atoms with Crippen molar-refractivity contribution in [3.05, 3.63) is 54.3 Å². The van der Waals surface area contributed by atoms with Crippen LogP contribution >= 0.6 is 0 Å². The van der Waals surface area contributed by atoms with E-state index in [1.165, 1.54) is 11.0 Å². The Kier molecular flexibility index (Phi) is 5.00. The van der Waals surface area contributed by atoms with E-state index in [1.54, 1.807) is 43.5 Å². The van der Waals surface area contributed by atoms with Gasteiger partial charge in [-0.15, -0.1) is 0 Å². The Morgan fingerprint density at radius 1 is 1.04 bits per heavy atom. The number of amides is 2. The van der Waals surface area contributed by atoms with Crippen molar-refractivity contribution in [3.63, 3.8) is 0 Å². The summed E-state index contributed by atoms with van der Waals surface area (Å²) in [6.07, 6.45) is 0.208. The molecule has 28 heavy (non-hydrogen) atoms. The van der Waals surface area contributed by atoms with Crippen molar-refractivity contribution in [2.45, 2.75) is 12.5 Å². The molecule has 1 atom stereocenters. The molecule has 0 radical (unpaired) electrons. The normalized spacial score (nSPS) is 20.7. The minimum Gasteiger partial charge on any atom is -0.497 e. The molecule has 146 valence electrons. The lowest BCUT2D eigenvalue weighted by atomic mass is 10.1. The van der Waals surface area contributed by atoms with E-state index < -0.39 is 0 Å². The third kappa shape index (κ3) is 3.33. The number of para-hydroxylation sites is 1. The van der Waals surface area contributed by atoms with E-state index in [9.17, 15) is 14.0 Å². The first kappa shape index (κ1) is 18.4. The van der Waals surface area contributed by atoms with Crippen molar-refractivity contribution in [2.75, 3.05) is 43.1 Å². The number of imide groups is 1.